The number of hydrogen-bond donors (Lipinski definition) is 2. The molecule has 0 heterocycles. The van der Waals surface area contributed by atoms with Gasteiger partial charge in [0.05, 0.1) is 0 Å². The lowest BCUT2D eigenvalue weighted by Gasteiger charge is -2.20. The van der Waals surface area contributed by atoms with Gasteiger partial charge < -0.3 is 10.8 Å². The lowest BCUT2D eigenvalue weighted by molar-refractivity contribution is 0.392. The number of rotatable bonds is 2. The van der Waals surface area contributed by atoms with E-state index in [1.165, 1.54) is 0 Å². The van der Waals surface area contributed by atoms with E-state index in [0.29, 0.717) is 0 Å². The average Bonchev–Trinajstić information content (AvgIpc) is 2.67. The molecule has 1 aliphatic carbocycles. The molecule has 0 amide bonds. The highest BCUT2D eigenvalue weighted by atomic mass is 35.5. The van der Waals surface area contributed by atoms with Gasteiger partial charge in [0, 0.05) is 23.7 Å². The van der Waals surface area contributed by atoms with Gasteiger partial charge in [0.25, 0.3) is 0 Å². The van der Waals surface area contributed by atoms with Gasteiger partial charge in [-0.25, -0.2) is 8.78 Å². The Hall–Kier alpha value is -0.870. The van der Waals surface area contributed by atoms with Crippen molar-refractivity contribution in [1.29, 1.82) is 0 Å². The SMILES string of the molecule is Cl.N[C@H](c1c(O)cc(F)cc1F)C1CCCC1. The molecule has 0 spiro atoms. The third-order valence-electron chi connectivity index (χ3n) is 3.31. The van der Waals surface area contributed by atoms with Crippen LogP contribution in [-0.4, -0.2) is 5.11 Å². The maximum absolute atomic E-state index is 13.5. The Morgan fingerprint density at radius 3 is 2.35 bits per heavy atom. The van der Waals surface area contributed by atoms with Gasteiger partial charge in [0.15, 0.2) is 0 Å². The molecule has 17 heavy (non-hydrogen) atoms. The number of hydrogen-bond acceptors (Lipinski definition) is 2. The fraction of sp³-hybridized carbons (Fsp3) is 0.500. The molecule has 96 valence electrons. The van der Waals surface area contributed by atoms with Gasteiger partial charge >= 0.3 is 0 Å². The second kappa shape index (κ2) is 5.65. The molecule has 1 atom stereocenters. The van der Waals surface area contributed by atoms with Crippen molar-refractivity contribution in [3.05, 3.63) is 29.3 Å². The van der Waals surface area contributed by atoms with Gasteiger partial charge in [0.1, 0.15) is 17.4 Å². The maximum Gasteiger partial charge on any atom is 0.134 e. The number of benzene rings is 1. The number of nitrogens with two attached hydrogens (primary N) is 1. The van der Waals surface area contributed by atoms with Crippen LogP contribution in [0.25, 0.3) is 0 Å². The summed E-state index contributed by atoms with van der Waals surface area (Å²) in [5, 5.41) is 9.54. The van der Waals surface area contributed by atoms with Gasteiger partial charge in [-0.3, -0.25) is 0 Å². The van der Waals surface area contributed by atoms with E-state index < -0.39 is 17.7 Å². The molecule has 1 fully saturated rings. The molecule has 0 bridgehead atoms. The van der Waals surface area contributed by atoms with Crippen molar-refractivity contribution in [2.75, 3.05) is 0 Å². The van der Waals surface area contributed by atoms with Crippen LogP contribution in [0.3, 0.4) is 0 Å². The molecule has 0 aromatic heterocycles. The minimum absolute atomic E-state index is 0. The van der Waals surface area contributed by atoms with E-state index in [1.807, 2.05) is 0 Å². The third-order valence-corrected chi connectivity index (χ3v) is 3.31. The highest BCUT2D eigenvalue weighted by Gasteiger charge is 2.27. The van der Waals surface area contributed by atoms with E-state index >= 15 is 0 Å². The van der Waals surface area contributed by atoms with Crippen LogP contribution in [0, 0.1) is 17.6 Å². The molecular weight excluding hydrogens is 248 g/mol. The van der Waals surface area contributed by atoms with Crippen LogP contribution in [0.15, 0.2) is 12.1 Å². The van der Waals surface area contributed by atoms with Crippen molar-refractivity contribution in [2.24, 2.45) is 11.7 Å². The summed E-state index contributed by atoms with van der Waals surface area (Å²) in [4.78, 5) is 0. The van der Waals surface area contributed by atoms with Crippen molar-refractivity contribution >= 4 is 12.4 Å². The van der Waals surface area contributed by atoms with Crippen molar-refractivity contribution in [1.82, 2.24) is 0 Å². The number of phenolic OH excluding ortho intramolecular Hbond substituents is 1. The normalized spacial score (nSPS) is 17.8. The molecule has 3 N–H and O–H groups in total. The maximum atomic E-state index is 13.5. The Morgan fingerprint density at radius 1 is 1.24 bits per heavy atom. The zero-order valence-electron chi connectivity index (χ0n) is 9.33. The van der Waals surface area contributed by atoms with Gasteiger partial charge in [0.2, 0.25) is 0 Å². The highest BCUT2D eigenvalue weighted by Crippen LogP contribution is 2.38. The zero-order chi connectivity index (χ0) is 11.7. The smallest absolute Gasteiger partial charge is 0.134 e. The molecule has 1 aliphatic rings. The number of halogens is 3. The van der Waals surface area contributed by atoms with Crippen LogP contribution in [0.5, 0.6) is 5.75 Å². The topological polar surface area (TPSA) is 46.2 Å². The predicted octanol–water partition coefficient (Wildman–Crippen LogP) is 3.28. The summed E-state index contributed by atoms with van der Waals surface area (Å²) in [6.45, 7) is 0. The molecule has 0 saturated heterocycles. The van der Waals surface area contributed by atoms with E-state index in [1.54, 1.807) is 0 Å². The summed E-state index contributed by atoms with van der Waals surface area (Å²) in [7, 11) is 0. The lowest BCUT2D eigenvalue weighted by atomic mass is 9.91. The third kappa shape index (κ3) is 2.87. The molecule has 0 unspecified atom stereocenters. The molecule has 2 nitrogen and oxygen atoms in total. The number of phenols is 1. The van der Waals surface area contributed by atoms with Gasteiger partial charge in [-0.1, -0.05) is 12.8 Å². The molecule has 5 heteroatoms. The summed E-state index contributed by atoms with van der Waals surface area (Å²) in [5.41, 5.74) is 5.98. The standard InChI is InChI=1S/C12H15F2NO.ClH/c13-8-5-9(14)11(10(16)6-8)12(15)7-3-1-2-4-7;/h5-7,12,16H,1-4,15H2;1H/t12-;/m0./s1. The first-order chi connectivity index (χ1) is 7.59. The van der Waals surface area contributed by atoms with Crippen LogP contribution in [0.2, 0.25) is 0 Å². The van der Waals surface area contributed by atoms with Crippen LogP contribution < -0.4 is 5.73 Å². The lowest BCUT2D eigenvalue weighted by Crippen LogP contribution is -2.20. The van der Waals surface area contributed by atoms with Crippen molar-refractivity contribution in [3.63, 3.8) is 0 Å². The molecule has 0 radical (unpaired) electrons. The van der Waals surface area contributed by atoms with E-state index in [0.717, 1.165) is 37.8 Å². The fourth-order valence-corrected chi connectivity index (χ4v) is 2.45. The van der Waals surface area contributed by atoms with E-state index in [9.17, 15) is 13.9 Å². The Bertz CT molecular complexity index is 371. The van der Waals surface area contributed by atoms with E-state index in [-0.39, 0.29) is 29.6 Å². The molecular formula is C12H16ClF2NO. The molecule has 2 rings (SSSR count). The Labute approximate surface area is 105 Å². The minimum atomic E-state index is -0.780. The van der Waals surface area contributed by atoms with Crippen LogP contribution in [0.1, 0.15) is 37.3 Å². The molecule has 1 aromatic rings. The monoisotopic (exact) mass is 263 g/mol. The van der Waals surface area contributed by atoms with Crippen LogP contribution >= 0.6 is 12.4 Å². The molecule has 0 aliphatic heterocycles. The first-order valence-corrected chi connectivity index (χ1v) is 5.53. The summed E-state index contributed by atoms with van der Waals surface area (Å²) in [6, 6.07) is 1.14. The molecule has 1 saturated carbocycles. The Balaban J connectivity index is 0.00000144. The van der Waals surface area contributed by atoms with Gasteiger partial charge in [-0.2, -0.15) is 0 Å². The van der Waals surface area contributed by atoms with E-state index in [4.69, 9.17) is 5.73 Å². The minimum Gasteiger partial charge on any atom is -0.507 e. The quantitative estimate of drug-likeness (QED) is 0.860. The summed E-state index contributed by atoms with van der Waals surface area (Å²) in [5.74, 6) is -1.72. The first kappa shape index (κ1) is 14.2. The number of aromatic hydroxyl groups is 1. The average molecular weight is 264 g/mol. The van der Waals surface area contributed by atoms with Crippen molar-refractivity contribution in [3.8, 4) is 5.75 Å². The van der Waals surface area contributed by atoms with E-state index in [2.05, 4.69) is 0 Å². The Kier molecular flexibility index (Phi) is 4.71. The summed E-state index contributed by atoms with van der Waals surface area (Å²) in [6.07, 6.45) is 4.05. The second-order valence-electron chi connectivity index (χ2n) is 4.39. The highest BCUT2D eigenvalue weighted by molar-refractivity contribution is 5.85. The summed E-state index contributed by atoms with van der Waals surface area (Å²) >= 11 is 0. The fourth-order valence-electron chi connectivity index (χ4n) is 2.45. The predicted molar refractivity (Wildman–Crippen MR) is 64.2 cm³/mol. The van der Waals surface area contributed by atoms with Crippen LogP contribution in [0.4, 0.5) is 8.78 Å². The largest absolute Gasteiger partial charge is 0.507 e. The Morgan fingerprint density at radius 2 is 1.82 bits per heavy atom. The first-order valence-electron chi connectivity index (χ1n) is 5.53. The zero-order valence-corrected chi connectivity index (χ0v) is 10.1. The van der Waals surface area contributed by atoms with Crippen molar-refractivity contribution < 1.29 is 13.9 Å². The summed E-state index contributed by atoms with van der Waals surface area (Å²) < 4.78 is 26.3. The van der Waals surface area contributed by atoms with Crippen molar-refractivity contribution in [2.45, 2.75) is 31.7 Å². The van der Waals surface area contributed by atoms with Crippen LogP contribution in [-0.2, 0) is 0 Å². The second-order valence-corrected chi connectivity index (χ2v) is 4.39. The van der Waals surface area contributed by atoms with Gasteiger partial charge in [-0.05, 0) is 18.8 Å². The van der Waals surface area contributed by atoms with Gasteiger partial charge in [-0.15, -0.1) is 12.4 Å². The molecule has 1 aromatic carbocycles.